The lowest BCUT2D eigenvalue weighted by Gasteiger charge is -2.32. The van der Waals surface area contributed by atoms with E-state index < -0.39 is 34.9 Å². The molecule has 0 spiro atoms. The maximum atomic E-state index is 12.1. The van der Waals surface area contributed by atoms with Crippen LogP contribution >= 0.6 is 0 Å². The lowest BCUT2D eigenvalue weighted by molar-refractivity contribution is -0.153. The van der Waals surface area contributed by atoms with Crippen LogP contribution in [0.25, 0.3) is 0 Å². The summed E-state index contributed by atoms with van der Waals surface area (Å²) in [5.41, 5.74) is -1.02. The highest BCUT2D eigenvalue weighted by molar-refractivity contribution is 5.88. The van der Waals surface area contributed by atoms with Crippen molar-refractivity contribution in [1.82, 2.24) is 9.80 Å². The van der Waals surface area contributed by atoms with Crippen molar-refractivity contribution in [3.05, 3.63) is 0 Å². The summed E-state index contributed by atoms with van der Waals surface area (Å²) in [6.07, 6.45) is 2.69. The summed E-state index contributed by atoms with van der Waals surface area (Å²) in [5.74, 6) is -1.92. The maximum Gasteiger partial charge on any atom is 0.326 e. The Bertz CT molecular complexity index is 618. The van der Waals surface area contributed by atoms with Crippen LogP contribution in [0.2, 0.25) is 0 Å². The minimum atomic E-state index is -0.892. The summed E-state index contributed by atoms with van der Waals surface area (Å²) in [6.45, 7) is 14.7. The van der Waals surface area contributed by atoms with E-state index in [0.29, 0.717) is 12.8 Å². The predicted octanol–water partition coefficient (Wildman–Crippen LogP) is 2.99. The van der Waals surface area contributed by atoms with Crippen LogP contribution in [-0.4, -0.2) is 67.9 Å². The topological polar surface area (TPSA) is 115 Å². The van der Waals surface area contributed by atoms with Crippen LogP contribution in [0.15, 0.2) is 0 Å². The first-order valence-corrected chi connectivity index (χ1v) is 10.6. The third kappa shape index (κ3) is 5.95. The Labute approximate surface area is 179 Å². The second kappa shape index (κ2) is 9.35. The molecule has 2 rings (SSSR count). The first-order valence-electron chi connectivity index (χ1n) is 10.6. The molecule has 2 N–H and O–H groups in total. The summed E-state index contributed by atoms with van der Waals surface area (Å²) in [6, 6.07) is -1.19. The highest BCUT2D eigenvalue weighted by Crippen LogP contribution is 2.30. The summed E-state index contributed by atoms with van der Waals surface area (Å²) >= 11 is 0. The van der Waals surface area contributed by atoms with E-state index in [1.165, 1.54) is 9.80 Å². The van der Waals surface area contributed by atoms with Crippen LogP contribution < -0.4 is 0 Å². The number of hydrogen-bond acceptors (Lipinski definition) is 4. The molecule has 8 heteroatoms. The first-order chi connectivity index (χ1) is 13.5. The van der Waals surface area contributed by atoms with Crippen LogP contribution in [-0.2, 0) is 19.2 Å². The number of amides is 2. The van der Waals surface area contributed by atoms with Crippen LogP contribution in [0.4, 0.5) is 0 Å². The Balaban J connectivity index is 0.000000300. The molecule has 0 aliphatic carbocycles. The van der Waals surface area contributed by atoms with Gasteiger partial charge in [-0.25, -0.2) is 9.59 Å². The molecule has 0 saturated carbocycles. The molecule has 2 saturated heterocycles. The summed E-state index contributed by atoms with van der Waals surface area (Å²) in [4.78, 5) is 49.2. The minimum Gasteiger partial charge on any atom is -0.480 e. The van der Waals surface area contributed by atoms with Gasteiger partial charge in [-0.2, -0.15) is 0 Å². The van der Waals surface area contributed by atoms with Gasteiger partial charge in [0.05, 0.1) is 0 Å². The molecule has 0 radical (unpaired) electrons. The summed E-state index contributed by atoms with van der Waals surface area (Å²) in [7, 11) is 0. The van der Waals surface area contributed by atoms with Crippen molar-refractivity contribution in [2.24, 2.45) is 10.8 Å². The van der Waals surface area contributed by atoms with E-state index in [2.05, 4.69) is 0 Å². The zero-order chi connectivity index (χ0) is 23.6. The molecule has 2 amide bonds. The monoisotopic (exact) mass is 426 g/mol. The zero-order valence-corrected chi connectivity index (χ0v) is 19.6. The molecule has 2 fully saturated rings. The van der Waals surface area contributed by atoms with Gasteiger partial charge >= 0.3 is 11.9 Å². The third-order valence-electron chi connectivity index (χ3n) is 5.66. The molecule has 30 heavy (non-hydrogen) atoms. The standard InChI is InChI=1S/2C11H19NO3/c2*1-7-5-6-8(9(13)14)12(7)10(15)11(2,3)4/h2*7-8H,5-6H2,1-4H3,(H,13,14)/t7-,8+;7-,8-/m10/s1. The zero-order valence-electron chi connectivity index (χ0n) is 19.6. The Kier molecular flexibility index (Phi) is 8.08. The van der Waals surface area contributed by atoms with Crippen LogP contribution in [0.3, 0.4) is 0 Å². The van der Waals surface area contributed by atoms with Gasteiger partial charge in [-0.3, -0.25) is 9.59 Å². The van der Waals surface area contributed by atoms with Gasteiger partial charge in [-0.05, 0) is 39.5 Å². The number of likely N-dealkylation sites (tertiary alicyclic amines) is 2. The molecule has 2 heterocycles. The van der Waals surface area contributed by atoms with Gasteiger partial charge in [0.1, 0.15) is 12.1 Å². The molecule has 2 aliphatic heterocycles. The predicted molar refractivity (Wildman–Crippen MR) is 113 cm³/mol. The molecule has 172 valence electrons. The van der Waals surface area contributed by atoms with E-state index in [-0.39, 0.29) is 23.9 Å². The normalized spacial score (nSPS) is 26.8. The summed E-state index contributed by atoms with van der Waals surface area (Å²) < 4.78 is 0. The Hall–Kier alpha value is -2.12. The van der Waals surface area contributed by atoms with Crippen molar-refractivity contribution < 1.29 is 29.4 Å². The lowest BCUT2D eigenvalue weighted by atomic mass is 9.94. The van der Waals surface area contributed by atoms with E-state index in [0.717, 1.165) is 12.8 Å². The molecular formula is C22H38N2O6. The number of carbonyl (C=O) groups excluding carboxylic acids is 2. The number of aliphatic carboxylic acids is 2. The van der Waals surface area contributed by atoms with Crippen molar-refractivity contribution in [3.63, 3.8) is 0 Å². The molecule has 0 aromatic carbocycles. The Morgan fingerprint density at radius 3 is 1.10 bits per heavy atom. The molecule has 0 unspecified atom stereocenters. The number of carboxylic acids is 2. The van der Waals surface area contributed by atoms with Crippen molar-refractivity contribution >= 4 is 23.8 Å². The Morgan fingerprint density at radius 2 is 0.900 bits per heavy atom. The lowest BCUT2D eigenvalue weighted by Crippen LogP contribution is -2.48. The molecule has 2 aliphatic rings. The highest BCUT2D eigenvalue weighted by Gasteiger charge is 2.43. The molecule has 4 atom stereocenters. The smallest absolute Gasteiger partial charge is 0.326 e. The van der Waals surface area contributed by atoms with Gasteiger partial charge in [-0.1, -0.05) is 41.5 Å². The molecule has 0 aromatic rings. The largest absolute Gasteiger partial charge is 0.480 e. The quantitative estimate of drug-likeness (QED) is 0.701. The van der Waals surface area contributed by atoms with E-state index in [1.807, 2.05) is 55.4 Å². The molecule has 0 aromatic heterocycles. The number of carboxylic acid groups (broad SMARTS) is 2. The van der Waals surface area contributed by atoms with Crippen LogP contribution in [0.1, 0.15) is 81.1 Å². The van der Waals surface area contributed by atoms with Gasteiger partial charge in [0.15, 0.2) is 0 Å². The fraction of sp³-hybridized carbons (Fsp3) is 0.818. The Morgan fingerprint density at radius 1 is 0.633 bits per heavy atom. The third-order valence-corrected chi connectivity index (χ3v) is 5.66. The van der Waals surface area contributed by atoms with Crippen molar-refractivity contribution in [3.8, 4) is 0 Å². The van der Waals surface area contributed by atoms with Crippen molar-refractivity contribution in [2.45, 2.75) is 105 Å². The van der Waals surface area contributed by atoms with E-state index >= 15 is 0 Å². The van der Waals surface area contributed by atoms with E-state index in [4.69, 9.17) is 10.2 Å². The van der Waals surface area contributed by atoms with E-state index in [9.17, 15) is 19.2 Å². The van der Waals surface area contributed by atoms with Gasteiger partial charge in [0, 0.05) is 22.9 Å². The number of rotatable bonds is 2. The fourth-order valence-electron chi connectivity index (χ4n) is 3.91. The SMILES string of the molecule is C[C@@H]1CC[C@@H](C(=O)O)N1C(=O)C(C)(C)C.C[C@H]1CC[C@@H](C(=O)O)N1C(=O)C(C)(C)C. The van der Waals surface area contributed by atoms with Gasteiger partial charge in [-0.15, -0.1) is 0 Å². The second-order valence-electron chi connectivity index (χ2n) is 10.5. The number of hydrogen-bond donors (Lipinski definition) is 2. The summed E-state index contributed by atoms with van der Waals surface area (Å²) in [5, 5.41) is 18.0. The minimum absolute atomic E-state index is 0.0397. The second-order valence-corrected chi connectivity index (χ2v) is 10.5. The average molecular weight is 427 g/mol. The van der Waals surface area contributed by atoms with Crippen molar-refractivity contribution in [2.75, 3.05) is 0 Å². The van der Waals surface area contributed by atoms with Gasteiger partial charge in [0.25, 0.3) is 0 Å². The number of nitrogens with zero attached hydrogens (tertiary/aromatic N) is 2. The molecular weight excluding hydrogens is 388 g/mol. The van der Waals surface area contributed by atoms with E-state index in [1.54, 1.807) is 0 Å². The molecule has 8 nitrogen and oxygen atoms in total. The molecule has 0 bridgehead atoms. The number of carbonyl (C=O) groups is 4. The first kappa shape index (κ1) is 25.9. The fourth-order valence-corrected chi connectivity index (χ4v) is 3.91. The van der Waals surface area contributed by atoms with Crippen LogP contribution in [0.5, 0.6) is 0 Å². The van der Waals surface area contributed by atoms with Gasteiger partial charge < -0.3 is 20.0 Å². The highest BCUT2D eigenvalue weighted by atomic mass is 16.4. The van der Waals surface area contributed by atoms with Crippen LogP contribution in [0, 0.1) is 10.8 Å². The van der Waals surface area contributed by atoms with Gasteiger partial charge in [0.2, 0.25) is 11.8 Å². The average Bonchev–Trinajstić information content (AvgIpc) is 3.15. The maximum absolute atomic E-state index is 12.1. The van der Waals surface area contributed by atoms with Crippen molar-refractivity contribution in [1.29, 1.82) is 0 Å².